The van der Waals surface area contributed by atoms with Crippen molar-refractivity contribution >= 4 is 16.9 Å². The summed E-state index contributed by atoms with van der Waals surface area (Å²) < 4.78 is 7.05. The highest BCUT2D eigenvalue weighted by Gasteiger charge is 2.17. The maximum Gasteiger partial charge on any atom is 0.352 e. The number of benzene rings is 1. The molecule has 22 heavy (non-hydrogen) atoms. The summed E-state index contributed by atoms with van der Waals surface area (Å²) in [5, 5.41) is 10.3. The lowest BCUT2D eigenvalue weighted by atomic mass is 10.1. The summed E-state index contributed by atoms with van der Waals surface area (Å²) >= 11 is 0. The number of pyridine rings is 1. The molecule has 0 aliphatic heterocycles. The quantitative estimate of drug-likeness (QED) is 0.803. The average Bonchev–Trinajstić information content (AvgIpc) is 2.87. The van der Waals surface area contributed by atoms with Crippen LogP contribution in [-0.2, 0) is 6.54 Å². The third-order valence-electron chi connectivity index (χ3n) is 3.66. The van der Waals surface area contributed by atoms with Gasteiger partial charge in [0.05, 0.1) is 24.9 Å². The molecule has 2 heterocycles. The molecule has 0 radical (unpaired) electrons. The summed E-state index contributed by atoms with van der Waals surface area (Å²) in [5.41, 5.74) is 2.93. The maximum absolute atomic E-state index is 11.6. The van der Waals surface area contributed by atoms with Crippen LogP contribution in [0.1, 0.15) is 21.7 Å². The molecule has 0 amide bonds. The highest BCUT2D eigenvalue weighted by atomic mass is 16.5. The first-order valence-electron chi connectivity index (χ1n) is 6.91. The van der Waals surface area contributed by atoms with Crippen molar-refractivity contribution in [2.45, 2.75) is 13.5 Å². The largest absolute Gasteiger partial charge is 0.497 e. The first-order valence-corrected chi connectivity index (χ1v) is 6.91. The zero-order valence-electron chi connectivity index (χ0n) is 12.4. The van der Waals surface area contributed by atoms with E-state index in [1.807, 2.05) is 37.3 Å². The van der Waals surface area contributed by atoms with Crippen LogP contribution in [0.15, 0.2) is 42.6 Å². The Kier molecular flexibility index (Phi) is 3.55. The molecule has 112 valence electrons. The molecule has 0 aliphatic carbocycles. The Morgan fingerprint density at radius 2 is 2.14 bits per heavy atom. The number of carboxylic acids is 1. The van der Waals surface area contributed by atoms with Crippen LogP contribution >= 0.6 is 0 Å². The van der Waals surface area contributed by atoms with E-state index in [2.05, 4.69) is 4.98 Å². The summed E-state index contributed by atoms with van der Waals surface area (Å²) in [7, 11) is 1.60. The van der Waals surface area contributed by atoms with E-state index in [0.717, 1.165) is 27.9 Å². The van der Waals surface area contributed by atoms with Crippen molar-refractivity contribution in [1.29, 1.82) is 0 Å². The Morgan fingerprint density at radius 1 is 1.32 bits per heavy atom. The summed E-state index contributed by atoms with van der Waals surface area (Å²) in [5.74, 6) is -0.234. The topological polar surface area (TPSA) is 64.3 Å². The molecule has 0 unspecified atom stereocenters. The Bertz CT molecular complexity index is 838. The normalized spacial score (nSPS) is 10.8. The fourth-order valence-corrected chi connectivity index (χ4v) is 2.71. The van der Waals surface area contributed by atoms with Gasteiger partial charge in [0, 0.05) is 11.6 Å². The highest BCUT2D eigenvalue weighted by Crippen LogP contribution is 2.29. The van der Waals surface area contributed by atoms with Gasteiger partial charge in [0.2, 0.25) is 0 Å². The van der Waals surface area contributed by atoms with Gasteiger partial charge in [-0.1, -0.05) is 6.07 Å². The fourth-order valence-electron chi connectivity index (χ4n) is 2.71. The lowest BCUT2D eigenvalue weighted by Gasteiger charge is -2.10. The van der Waals surface area contributed by atoms with Crippen molar-refractivity contribution in [2.75, 3.05) is 7.11 Å². The molecule has 0 aliphatic rings. The van der Waals surface area contributed by atoms with Crippen molar-refractivity contribution in [2.24, 2.45) is 0 Å². The van der Waals surface area contributed by atoms with Crippen molar-refractivity contribution in [3.05, 3.63) is 59.5 Å². The number of nitrogens with zero attached hydrogens (tertiary/aromatic N) is 2. The van der Waals surface area contributed by atoms with Crippen molar-refractivity contribution < 1.29 is 14.6 Å². The third-order valence-corrected chi connectivity index (χ3v) is 3.66. The minimum Gasteiger partial charge on any atom is -0.497 e. The first kappa shape index (κ1) is 14.1. The maximum atomic E-state index is 11.6. The number of methoxy groups -OCH3 is 1. The molecule has 3 rings (SSSR count). The van der Waals surface area contributed by atoms with Crippen molar-refractivity contribution in [3.8, 4) is 5.75 Å². The third kappa shape index (κ3) is 2.41. The number of aromatic nitrogens is 2. The molecule has 0 saturated heterocycles. The molecular weight excluding hydrogens is 280 g/mol. The van der Waals surface area contributed by atoms with Gasteiger partial charge in [0.25, 0.3) is 0 Å². The number of carbonyl (C=O) groups is 1. The number of carboxylic acid groups (broad SMARTS) is 1. The Morgan fingerprint density at radius 3 is 2.77 bits per heavy atom. The highest BCUT2D eigenvalue weighted by molar-refractivity contribution is 5.96. The van der Waals surface area contributed by atoms with E-state index in [9.17, 15) is 9.90 Å². The second-order valence-corrected chi connectivity index (χ2v) is 5.12. The second kappa shape index (κ2) is 5.52. The van der Waals surface area contributed by atoms with Crippen LogP contribution in [0.2, 0.25) is 0 Å². The van der Waals surface area contributed by atoms with Gasteiger partial charge in [0.15, 0.2) is 0 Å². The van der Waals surface area contributed by atoms with Gasteiger partial charge < -0.3 is 14.4 Å². The molecule has 5 nitrogen and oxygen atoms in total. The lowest BCUT2D eigenvalue weighted by Crippen LogP contribution is -2.10. The van der Waals surface area contributed by atoms with Crippen LogP contribution in [0, 0.1) is 6.92 Å². The monoisotopic (exact) mass is 296 g/mol. The SMILES string of the molecule is COc1cc(C)c2c(c1)cc(C(=O)O)n2Cc1ccccn1. The van der Waals surface area contributed by atoms with Gasteiger partial charge in [0.1, 0.15) is 11.4 Å². The number of hydrogen-bond acceptors (Lipinski definition) is 3. The molecule has 1 aromatic carbocycles. The van der Waals surface area contributed by atoms with Crippen molar-refractivity contribution in [1.82, 2.24) is 9.55 Å². The lowest BCUT2D eigenvalue weighted by molar-refractivity contribution is 0.0686. The van der Waals surface area contributed by atoms with E-state index in [4.69, 9.17) is 4.74 Å². The molecule has 0 fully saturated rings. The van der Waals surface area contributed by atoms with Gasteiger partial charge in [-0.3, -0.25) is 4.98 Å². The summed E-state index contributed by atoms with van der Waals surface area (Å²) in [6, 6.07) is 11.1. The smallest absolute Gasteiger partial charge is 0.352 e. The zero-order valence-corrected chi connectivity index (χ0v) is 12.4. The van der Waals surface area contributed by atoms with Crippen LogP contribution in [0.3, 0.4) is 0 Å². The minimum absolute atomic E-state index is 0.247. The van der Waals surface area contributed by atoms with E-state index >= 15 is 0 Å². The number of fused-ring (bicyclic) bond motifs is 1. The average molecular weight is 296 g/mol. The predicted molar refractivity (Wildman–Crippen MR) is 83.5 cm³/mol. The molecule has 1 N–H and O–H groups in total. The number of aryl methyl sites for hydroxylation is 1. The Hall–Kier alpha value is -2.82. The Balaban J connectivity index is 2.22. The summed E-state index contributed by atoms with van der Waals surface area (Å²) in [6.45, 7) is 2.37. The molecule has 2 aromatic heterocycles. The van der Waals surface area contributed by atoms with E-state index in [-0.39, 0.29) is 5.69 Å². The van der Waals surface area contributed by atoms with Crippen LogP contribution in [0.4, 0.5) is 0 Å². The van der Waals surface area contributed by atoms with Gasteiger partial charge >= 0.3 is 5.97 Å². The number of rotatable bonds is 4. The van der Waals surface area contributed by atoms with Gasteiger partial charge in [-0.05, 0) is 42.8 Å². The van der Waals surface area contributed by atoms with Crippen LogP contribution in [0.5, 0.6) is 5.75 Å². The molecule has 3 aromatic rings. The van der Waals surface area contributed by atoms with Crippen LogP contribution < -0.4 is 4.74 Å². The zero-order chi connectivity index (χ0) is 15.7. The molecule has 0 bridgehead atoms. The van der Waals surface area contributed by atoms with E-state index in [1.54, 1.807) is 23.9 Å². The van der Waals surface area contributed by atoms with E-state index in [1.165, 1.54) is 0 Å². The second-order valence-electron chi connectivity index (χ2n) is 5.12. The molecular formula is C17H16N2O3. The Labute approximate surface area is 127 Å². The van der Waals surface area contributed by atoms with Crippen LogP contribution in [0.25, 0.3) is 10.9 Å². The molecule has 0 spiro atoms. The number of hydrogen-bond donors (Lipinski definition) is 1. The summed E-state index contributed by atoms with van der Waals surface area (Å²) in [4.78, 5) is 15.9. The molecule has 0 atom stereocenters. The van der Waals surface area contributed by atoms with Crippen LogP contribution in [-0.4, -0.2) is 27.7 Å². The molecule has 0 saturated carbocycles. The summed E-state index contributed by atoms with van der Waals surface area (Å²) in [6.07, 6.45) is 1.71. The van der Waals surface area contributed by atoms with E-state index < -0.39 is 5.97 Å². The number of ether oxygens (including phenoxy) is 1. The van der Waals surface area contributed by atoms with Crippen molar-refractivity contribution in [3.63, 3.8) is 0 Å². The van der Waals surface area contributed by atoms with Gasteiger partial charge in [-0.2, -0.15) is 0 Å². The van der Waals surface area contributed by atoms with Gasteiger partial charge in [-0.25, -0.2) is 4.79 Å². The molecule has 5 heteroatoms. The standard InChI is InChI=1S/C17H16N2O3/c1-11-7-14(22-2)8-12-9-15(17(20)21)19(16(11)12)10-13-5-3-4-6-18-13/h3-9H,10H2,1-2H3,(H,20,21). The minimum atomic E-state index is -0.953. The van der Waals surface area contributed by atoms with Gasteiger partial charge in [-0.15, -0.1) is 0 Å². The van der Waals surface area contributed by atoms with E-state index in [0.29, 0.717) is 6.54 Å². The fraction of sp³-hybridized carbons (Fsp3) is 0.176. The first-order chi connectivity index (χ1) is 10.6. The predicted octanol–water partition coefficient (Wildman–Crippen LogP) is 3.10. The number of aromatic carboxylic acids is 1.